The molecule has 2 aromatic rings. The lowest BCUT2D eigenvalue weighted by Gasteiger charge is -2.34. The van der Waals surface area contributed by atoms with Crippen molar-refractivity contribution in [3.63, 3.8) is 0 Å². The van der Waals surface area contributed by atoms with Gasteiger partial charge in [-0.1, -0.05) is 25.1 Å². The van der Waals surface area contributed by atoms with E-state index in [1.165, 1.54) is 6.92 Å². The summed E-state index contributed by atoms with van der Waals surface area (Å²) in [6, 6.07) is 7.31. The van der Waals surface area contributed by atoms with Gasteiger partial charge in [0.15, 0.2) is 0 Å². The minimum Gasteiger partial charge on any atom is -0.361 e. The molecule has 1 aromatic heterocycles. The van der Waals surface area contributed by atoms with E-state index in [0.29, 0.717) is 38.9 Å². The highest BCUT2D eigenvalue weighted by Gasteiger charge is 2.31. The molecular weight excluding hydrogens is 368 g/mol. The molecule has 0 aliphatic carbocycles. The molecule has 7 nitrogen and oxygen atoms in total. The molecule has 156 valence electrons. The zero-order valence-corrected chi connectivity index (χ0v) is 17.2. The number of carbonyl (C=O) groups is 3. The number of nitrogens with one attached hydrogen (secondary N) is 3. The van der Waals surface area contributed by atoms with Crippen LogP contribution in [0.2, 0.25) is 0 Å². The lowest BCUT2D eigenvalue weighted by molar-refractivity contribution is -0.139. The van der Waals surface area contributed by atoms with E-state index in [1.54, 1.807) is 4.90 Å². The van der Waals surface area contributed by atoms with Gasteiger partial charge in [0.2, 0.25) is 17.7 Å². The van der Waals surface area contributed by atoms with Crippen molar-refractivity contribution in [2.75, 3.05) is 19.6 Å². The van der Waals surface area contributed by atoms with Crippen molar-refractivity contribution in [1.29, 1.82) is 0 Å². The molecule has 3 amide bonds. The molecule has 2 heterocycles. The fourth-order valence-corrected chi connectivity index (χ4v) is 3.94. The number of para-hydroxylation sites is 1. The van der Waals surface area contributed by atoms with E-state index in [1.807, 2.05) is 37.4 Å². The topological polar surface area (TPSA) is 94.3 Å². The Labute approximate surface area is 171 Å². The van der Waals surface area contributed by atoms with Crippen LogP contribution in [0.25, 0.3) is 10.9 Å². The number of H-pyrrole nitrogens is 1. The van der Waals surface area contributed by atoms with Crippen LogP contribution in [0.5, 0.6) is 0 Å². The number of aromatic nitrogens is 1. The van der Waals surface area contributed by atoms with E-state index in [4.69, 9.17) is 0 Å². The SMILES string of the molecule is CCCNC(=O)C1CCN(C(=O)C(Cc2c[nH]c3ccccc23)NC(C)=O)CC1. The minimum atomic E-state index is -0.614. The maximum atomic E-state index is 13.1. The van der Waals surface area contributed by atoms with Crippen LogP contribution in [0, 0.1) is 5.92 Å². The van der Waals surface area contributed by atoms with Gasteiger partial charge < -0.3 is 20.5 Å². The van der Waals surface area contributed by atoms with Crippen molar-refractivity contribution in [3.05, 3.63) is 36.0 Å². The molecule has 1 unspecified atom stereocenters. The molecule has 1 aliphatic rings. The van der Waals surface area contributed by atoms with Crippen LogP contribution < -0.4 is 10.6 Å². The molecule has 1 aromatic carbocycles. The first-order chi connectivity index (χ1) is 14.0. The highest BCUT2D eigenvalue weighted by Crippen LogP contribution is 2.22. The Balaban J connectivity index is 1.65. The van der Waals surface area contributed by atoms with Crippen LogP contribution in [0.15, 0.2) is 30.5 Å². The third-order valence-corrected chi connectivity index (χ3v) is 5.50. The Morgan fingerprint density at radius 1 is 1.21 bits per heavy atom. The quantitative estimate of drug-likeness (QED) is 0.666. The Bertz CT molecular complexity index is 868. The average molecular weight is 399 g/mol. The Morgan fingerprint density at radius 3 is 2.62 bits per heavy atom. The van der Waals surface area contributed by atoms with Crippen molar-refractivity contribution >= 4 is 28.6 Å². The molecule has 0 radical (unpaired) electrons. The fourth-order valence-electron chi connectivity index (χ4n) is 3.94. The van der Waals surface area contributed by atoms with E-state index in [9.17, 15) is 14.4 Å². The van der Waals surface area contributed by atoms with Crippen LogP contribution in [0.3, 0.4) is 0 Å². The van der Waals surface area contributed by atoms with Gasteiger partial charge >= 0.3 is 0 Å². The number of carbonyl (C=O) groups excluding carboxylic acids is 3. The molecule has 3 N–H and O–H groups in total. The molecule has 0 saturated carbocycles. The number of fused-ring (bicyclic) bond motifs is 1. The van der Waals surface area contributed by atoms with Gasteiger partial charge in [-0.15, -0.1) is 0 Å². The summed E-state index contributed by atoms with van der Waals surface area (Å²) in [5.74, 6) is -0.274. The van der Waals surface area contributed by atoms with E-state index in [0.717, 1.165) is 22.9 Å². The van der Waals surface area contributed by atoms with E-state index in [2.05, 4.69) is 15.6 Å². The number of benzene rings is 1. The lowest BCUT2D eigenvalue weighted by Crippen LogP contribution is -2.52. The molecule has 1 atom stereocenters. The first-order valence-electron chi connectivity index (χ1n) is 10.4. The Morgan fingerprint density at radius 2 is 1.93 bits per heavy atom. The van der Waals surface area contributed by atoms with E-state index in [-0.39, 0.29) is 23.6 Å². The van der Waals surface area contributed by atoms with Gasteiger partial charge in [-0.2, -0.15) is 0 Å². The standard InChI is InChI=1S/C22H30N4O3/c1-3-10-23-21(28)16-8-11-26(12-9-16)22(29)20(25-15(2)27)13-17-14-24-19-7-5-4-6-18(17)19/h4-7,14,16,20,24H,3,8-13H2,1-2H3,(H,23,28)(H,25,27). The largest absolute Gasteiger partial charge is 0.361 e. The number of aromatic amines is 1. The van der Waals surface area contributed by atoms with Gasteiger partial charge in [-0.25, -0.2) is 0 Å². The highest BCUT2D eigenvalue weighted by molar-refractivity contribution is 5.89. The van der Waals surface area contributed by atoms with Crippen LogP contribution in [-0.4, -0.2) is 53.3 Å². The summed E-state index contributed by atoms with van der Waals surface area (Å²) in [6.45, 7) is 5.21. The minimum absolute atomic E-state index is 0.0431. The Kier molecular flexibility index (Phi) is 6.90. The van der Waals surface area contributed by atoms with Gasteiger partial charge in [0.25, 0.3) is 0 Å². The number of likely N-dealkylation sites (tertiary alicyclic amines) is 1. The van der Waals surface area contributed by atoms with Crippen LogP contribution in [0.4, 0.5) is 0 Å². The third kappa shape index (κ3) is 5.16. The van der Waals surface area contributed by atoms with Gasteiger partial charge in [0, 0.05) is 56.0 Å². The average Bonchev–Trinajstić information content (AvgIpc) is 3.13. The molecule has 29 heavy (non-hydrogen) atoms. The Hall–Kier alpha value is -2.83. The van der Waals surface area contributed by atoms with Crippen molar-refractivity contribution in [3.8, 4) is 0 Å². The summed E-state index contributed by atoms with van der Waals surface area (Å²) >= 11 is 0. The monoisotopic (exact) mass is 398 g/mol. The normalized spacial score (nSPS) is 15.9. The smallest absolute Gasteiger partial charge is 0.245 e. The summed E-state index contributed by atoms with van der Waals surface area (Å²) in [4.78, 5) is 42.0. The van der Waals surface area contributed by atoms with Gasteiger partial charge in [0.05, 0.1) is 0 Å². The molecule has 1 aliphatic heterocycles. The predicted molar refractivity (Wildman–Crippen MR) is 112 cm³/mol. The highest BCUT2D eigenvalue weighted by atomic mass is 16.2. The van der Waals surface area contributed by atoms with Crippen LogP contribution in [-0.2, 0) is 20.8 Å². The summed E-state index contributed by atoms with van der Waals surface area (Å²) in [7, 11) is 0. The fraction of sp³-hybridized carbons (Fsp3) is 0.500. The molecule has 1 saturated heterocycles. The van der Waals surface area contributed by atoms with E-state index >= 15 is 0 Å². The maximum Gasteiger partial charge on any atom is 0.245 e. The molecule has 0 bridgehead atoms. The molecular formula is C22H30N4O3. The van der Waals surface area contributed by atoms with E-state index < -0.39 is 6.04 Å². The first-order valence-corrected chi connectivity index (χ1v) is 10.4. The lowest BCUT2D eigenvalue weighted by atomic mass is 9.94. The third-order valence-electron chi connectivity index (χ3n) is 5.50. The maximum absolute atomic E-state index is 13.1. The summed E-state index contributed by atoms with van der Waals surface area (Å²) < 4.78 is 0. The van der Waals surface area contributed by atoms with Gasteiger partial charge in [-0.05, 0) is 30.9 Å². The predicted octanol–water partition coefficient (Wildman–Crippen LogP) is 1.98. The molecule has 0 spiro atoms. The number of hydrogen-bond acceptors (Lipinski definition) is 3. The number of amides is 3. The van der Waals surface area contributed by atoms with Crippen molar-refractivity contribution in [1.82, 2.24) is 20.5 Å². The van der Waals surface area contributed by atoms with Crippen LogP contribution in [0.1, 0.15) is 38.7 Å². The number of rotatable bonds is 7. The van der Waals surface area contributed by atoms with Crippen molar-refractivity contribution < 1.29 is 14.4 Å². The summed E-state index contributed by atoms with van der Waals surface area (Å²) in [5.41, 5.74) is 2.01. The molecule has 7 heteroatoms. The second-order valence-corrected chi connectivity index (χ2v) is 7.71. The zero-order chi connectivity index (χ0) is 20.8. The summed E-state index contributed by atoms with van der Waals surface area (Å²) in [5, 5.41) is 6.81. The zero-order valence-electron chi connectivity index (χ0n) is 17.2. The number of hydrogen-bond donors (Lipinski definition) is 3. The van der Waals surface area contributed by atoms with Crippen LogP contribution >= 0.6 is 0 Å². The second kappa shape index (κ2) is 9.58. The second-order valence-electron chi connectivity index (χ2n) is 7.71. The van der Waals surface area contributed by atoms with Crippen molar-refractivity contribution in [2.45, 2.75) is 45.6 Å². The first kappa shape index (κ1) is 20.9. The van der Waals surface area contributed by atoms with Gasteiger partial charge in [0.1, 0.15) is 6.04 Å². The van der Waals surface area contributed by atoms with Crippen molar-refractivity contribution in [2.24, 2.45) is 5.92 Å². The molecule has 3 rings (SSSR count). The number of nitrogens with zero attached hydrogens (tertiary/aromatic N) is 1. The number of piperidine rings is 1. The molecule has 1 fully saturated rings. The van der Waals surface area contributed by atoms with Gasteiger partial charge in [-0.3, -0.25) is 14.4 Å². The summed E-state index contributed by atoms with van der Waals surface area (Å²) in [6.07, 6.45) is 4.55.